The average Bonchev–Trinajstić information content (AvgIpc) is 2.54. The molecule has 0 fully saturated rings. The summed E-state index contributed by atoms with van der Waals surface area (Å²) >= 11 is 0. The van der Waals surface area contributed by atoms with Crippen molar-refractivity contribution >= 4 is 5.91 Å². The van der Waals surface area contributed by atoms with Crippen LogP contribution in [0.4, 0.5) is 13.2 Å². The van der Waals surface area contributed by atoms with E-state index in [9.17, 15) is 18.0 Å². The first-order valence-corrected chi connectivity index (χ1v) is 7.27. The predicted molar refractivity (Wildman–Crippen MR) is 84.7 cm³/mol. The Hall–Kier alpha value is -2.63. The zero-order valence-corrected chi connectivity index (χ0v) is 13.2. The third-order valence-corrected chi connectivity index (χ3v) is 3.38. The lowest BCUT2D eigenvalue weighted by Crippen LogP contribution is -2.30. The van der Waals surface area contributed by atoms with Crippen LogP contribution in [0.1, 0.15) is 23.6 Å². The lowest BCUT2D eigenvalue weighted by Gasteiger charge is -2.23. The van der Waals surface area contributed by atoms with Crippen LogP contribution in [0.25, 0.3) is 0 Å². The maximum Gasteiger partial charge on any atom is 0.416 e. The molecule has 0 atom stereocenters. The second-order valence-electron chi connectivity index (χ2n) is 5.50. The number of hydrogen-bond acceptors (Lipinski definition) is 2. The van der Waals surface area contributed by atoms with Crippen LogP contribution >= 0.6 is 0 Å². The molecule has 0 aliphatic heterocycles. The number of carbonyl (C=O) groups is 1. The fourth-order valence-electron chi connectivity index (χ4n) is 2.25. The first-order chi connectivity index (χ1) is 11.3. The number of benzene rings is 1. The molecule has 0 saturated carbocycles. The summed E-state index contributed by atoms with van der Waals surface area (Å²) in [6, 6.07) is 8.52. The van der Waals surface area contributed by atoms with Gasteiger partial charge in [0.15, 0.2) is 0 Å². The van der Waals surface area contributed by atoms with Gasteiger partial charge < -0.3 is 4.90 Å². The lowest BCUT2D eigenvalue weighted by molar-refractivity contribution is -0.137. The minimum Gasteiger partial charge on any atom is -0.330 e. The van der Waals surface area contributed by atoms with E-state index in [0.29, 0.717) is 11.1 Å². The Labute approximate surface area is 138 Å². The van der Waals surface area contributed by atoms with Crippen LogP contribution in [0.3, 0.4) is 0 Å². The zero-order chi connectivity index (χ0) is 17.7. The molecule has 1 aromatic heterocycles. The summed E-state index contributed by atoms with van der Waals surface area (Å²) in [7, 11) is 0. The number of amides is 1. The number of halogens is 3. The molecule has 0 aliphatic carbocycles. The number of nitrogens with zero attached hydrogens (tertiary/aromatic N) is 2. The monoisotopic (exact) mass is 334 g/mol. The van der Waals surface area contributed by atoms with Crippen molar-refractivity contribution in [2.45, 2.75) is 26.2 Å². The highest BCUT2D eigenvalue weighted by Gasteiger charge is 2.30. The first-order valence-electron chi connectivity index (χ1n) is 7.27. The van der Waals surface area contributed by atoms with Crippen LogP contribution in [-0.2, 0) is 24.1 Å². The van der Waals surface area contributed by atoms with Gasteiger partial charge in [-0.1, -0.05) is 24.8 Å². The van der Waals surface area contributed by atoms with Crippen molar-refractivity contribution in [1.82, 2.24) is 9.88 Å². The van der Waals surface area contributed by atoms with Crippen molar-refractivity contribution in [2.24, 2.45) is 0 Å². The van der Waals surface area contributed by atoms with Crippen molar-refractivity contribution in [3.05, 3.63) is 77.6 Å². The van der Waals surface area contributed by atoms with Crippen LogP contribution in [-0.4, -0.2) is 15.8 Å². The number of rotatable bonds is 5. The van der Waals surface area contributed by atoms with Crippen LogP contribution in [0, 0.1) is 0 Å². The molecule has 3 nitrogen and oxygen atoms in total. The summed E-state index contributed by atoms with van der Waals surface area (Å²) < 4.78 is 38.5. The van der Waals surface area contributed by atoms with Gasteiger partial charge in [-0.15, -0.1) is 0 Å². The molecule has 0 saturated heterocycles. The summed E-state index contributed by atoms with van der Waals surface area (Å²) in [5, 5.41) is 0. The van der Waals surface area contributed by atoms with Gasteiger partial charge in [0.05, 0.1) is 5.56 Å². The summed E-state index contributed by atoms with van der Waals surface area (Å²) in [6.07, 6.45) is -1.19. The zero-order valence-electron chi connectivity index (χ0n) is 13.2. The maximum absolute atomic E-state index is 12.8. The van der Waals surface area contributed by atoms with Gasteiger partial charge in [-0.25, -0.2) is 0 Å². The number of hydrogen-bond donors (Lipinski definition) is 0. The van der Waals surface area contributed by atoms with Gasteiger partial charge in [0.25, 0.3) is 0 Å². The average molecular weight is 334 g/mol. The topological polar surface area (TPSA) is 33.2 Å². The Kier molecular flexibility index (Phi) is 5.39. The van der Waals surface area contributed by atoms with Crippen molar-refractivity contribution in [3.63, 3.8) is 0 Å². The fourth-order valence-corrected chi connectivity index (χ4v) is 2.25. The molecule has 0 spiro atoms. The van der Waals surface area contributed by atoms with Gasteiger partial charge in [-0.3, -0.25) is 9.78 Å². The van der Waals surface area contributed by atoms with Crippen LogP contribution in [0.2, 0.25) is 0 Å². The van der Waals surface area contributed by atoms with E-state index >= 15 is 0 Å². The molecular weight excluding hydrogens is 317 g/mol. The molecule has 2 rings (SSSR count). The van der Waals surface area contributed by atoms with E-state index in [4.69, 9.17) is 0 Å². The second-order valence-corrected chi connectivity index (χ2v) is 5.50. The summed E-state index contributed by atoms with van der Waals surface area (Å²) in [6.45, 7) is 5.51. The smallest absolute Gasteiger partial charge is 0.330 e. The maximum atomic E-state index is 12.8. The third kappa shape index (κ3) is 4.68. The lowest BCUT2D eigenvalue weighted by atomic mass is 10.1. The minimum absolute atomic E-state index is 0.0600. The highest BCUT2D eigenvalue weighted by molar-refractivity contribution is 5.92. The number of alkyl halides is 3. The molecular formula is C18H17F3N2O. The van der Waals surface area contributed by atoms with E-state index in [1.165, 1.54) is 11.0 Å². The van der Waals surface area contributed by atoms with E-state index < -0.39 is 11.7 Å². The van der Waals surface area contributed by atoms with Crippen molar-refractivity contribution < 1.29 is 18.0 Å². The van der Waals surface area contributed by atoms with Gasteiger partial charge >= 0.3 is 6.18 Å². The predicted octanol–water partition coefficient (Wildman–Crippen LogP) is 4.21. The van der Waals surface area contributed by atoms with Gasteiger partial charge in [0.1, 0.15) is 0 Å². The Morgan fingerprint density at radius 1 is 1.17 bits per heavy atom. The van der Waals surface area contributed by atoms with E-state index in [1.807, 2.05) is 0 Å². The molecule has 0 radical (unpaired) electrons. The molecule has 24 heavy (non-hydrogen) atoms. The molecule has 0 aliphatic rings. The van der Waals surface area contributed by atoms with Crippen molar-refractivity contribution in [1.29, 1.82) is 0 Å². The summed E-state index contributed by atoms with van der Waals surface area (Å²) in [5.74, 6) is -0.309. The van der Waals surface area contributed by atoms with Gasteiger partial charge in [-0.2, -0.15) is 13.2 Å². The quantitative estimate of drug-likeness (QED) is 0.768. The van der Waals surface area contributed by atoms with Crippen LogP contribution in [0.15, 0.2) is 60.9 Å². The summed E-state index contributed by atoms with van der Waals surface area (Å²) in [4.78, 5) is 17.8. The summed E-state index contributed by atoms with van der Waals surface area (Å²) in [5.41, 5.74) is 0.789. The normalized spacial score (nSPS) is 11.2. The Morgan fingerprint density at radius 3 is 2.42 bits per heavy atom. The molecule has 1 heterocycles. The molecule has 1 amide bonds. The third-order valence-electron chi connectivity index (χ3n) is 3.38. The van der Waals surface area contributed by atoms with Gasteiger partial charge in [0, 0.05) is 31.1 Å². The van der Waals surface area contributed by atoms with Crippen molar-refractivity contribution in [2.75, 3.05) is 0 Å². The Bertz CT molecular complexity index is 727. The van der Waals surface area contributed by atoms with E-state index in [-0.39, 0.29) is 19.0 Å². The SMILES string of the molecule is C=C(C)C(=O)N(Cc1cccnc1)Cc1cccc(C(F)(F)F)c1. The second kappa shape index (κ2) is 7.29. The molecule has 6 heteroatoms. The molecule has 1 aromatic carbocycles. The number of pyridine rings is 1. The Balaban J connectivity index is 2.25. The Morgan fingerprint density at radius 2 is 1.83 bits per heavy atom. The highest BCUT2D eigenvalue weighted by Crippen LogP contribution is 2.30. The molecule has 2 aromatic rings. The van der Waals surface area contributed by atoms with Gasteiger partial charge in [-0.05, 0) is 36.2 Å². The highest BCUT2D eigenvalue weighted by atomic mass is 19.4. The number of aromatic nitrogens is 1. The van der Waals surface area contributed by atoms with E-state index in [1.54, 1.807) is 37.5 Å². The van der Waals surface area contributed by atoms with Crippen molar-refractivity contribution in [3.8, 4) is 0 Å². The van der Waals surface area contributed by atoms with E-state index in [2.05, 4.69) is 11.6 Å². The largest absolute Gasteiger partial charge is 0.416 e. The molecule has 0 unspecified atom stereocenters. The molecule has 0 N–H and O–H groups in total. The minimum atomic E-state index is -4.41. The van der Waals surface area contributed by atoms with Crippen LogP contribution in [0.5, 0.6) is 0 Å². The fraction of sp³-hybridized carbons (Fsp3) is 0.222. The van der Waals surface area contributed by atoms with Gasteiger partial charge in [0.2, 0.25) is 5.91 Å². The molecule has 126 valence electrons. The molecule has 0 bridgehead atoms. The first kappa shape index (κ1) is 17.7. The standard InChI is InChI=1S/C18H17F3N2O/c1-13(2)17(24)23(12-15-6-4-8-22-10-15)11-14-5-3-7-16(9-14)18(19,20)21/h3-10H,1,11-12H2,2H3. The number of carbonyl (C=O) groups excluding carboxylic acids is 1. The van der Waals surface area contributed by atoms with E-state index in [0.717, 1.165) is 17.7 Å². The van der Waals surface area contributed by atoms with Crippen LogP contribution < -0.4 is 0 Å².